The first-order valence-electron chi connectivity index (χ1n) is 3.94. The van der Waals surface area contributed by atoms with Crippen molar-refractivity contribution in [2.24, 2.45) is 0 Å². The Balaban J connectivity index is 3.05. The fraction of sp³-hybridized carbons (Fsp3) is 0.333. The van der Waals surface area contributed by atoms with Gasteiger partial charge in [0.1, 0.15) is 5.41 Å². The molecule has 0 radical (unpaired) electrons. The van der Waals surface area contributed by atoms with Crippen molar-refractivity contribution >= 4 is 23.3 Å². The van der Waals surface area contributed by atoms with Crippen LogP contribution in [0.15, 0.2) is 16.8 Å². The van der Waals surface area contributed by atoms with E-state index in [9.17, 15) is 9.59 Å². The largest absolute Gasteiger partial charge is 0.481 e. The first kappa shape index (κ1) is 10.7. The van der Waals surface area contributed by atoms with E-state index in [2.05, 4.69) is 0 Å². The molecular formula is C9H10O4S. The normalized spacial score (nSPS) is 14.6. The van der Waals surface area contributed by atoms with E-state index in [1.807, 2.05) is 0 Å². The smallest absolute Gasteiger partial charge is 0.314 e. The number of carbonyl (C=O) groups is 2. The molecule has 1 heterocycles. The van der Waals surface area contributed by atoms with Gasteiger partial charge in [-0.1, -0.05) is 0 Å². The number of rotatable bonds is 4. The Morgan fingerprint density at radius 2 is 2.14 bits per heavy atom. The molecule has 0 fully saturated rings. The summed E-state index contributed by atoms with van der Waals surface area (Å²) in [5.41, 5.74) is -0.788. The molecule has 0 aliphatic heterocycles. The molecule has 0 aromatic carbocycles. The maximum atomic E-state index is 11.0. The van der Waals surface area contributed by atoms with Crippen molar-refractivity contribution in [3.8, 4) is 0 Å². The highest BCUT2D eigenvalue weighted by atomic mass is 32.1. The SMILES string of the molecule is CC(CC(=O)O)(C(=O)O)c1ccsc1. The molecule has 0 spiro atoms. The van der Waals surface area contributed by atoms with Crippen molar-refractivity contribution in [3.05, 3.63) is 22.4 Å². The number of hydrogen-bond donors (Lipinski definition) is 2. The lowest BCUT2D eigenvalue weighted by Gasteiger charge is -2.21. The van der Waals surface area contributed by atoms with Gasteiger partial charge in [-0.3, -0.25) is 9.59 Å². The van der Waals surface area contributed by atoms with Crippen LogP contribution < -0.4 is 0 Å². The van der Waals surface area contributed by atoms with E-state index in [0.29, 0.717) is 5.56 Å². The highest BCUT2D eigenvalue weighted by Gasteiger charge is 2.37. The Labute approximate surface area is 84.8 Å². The van der Waals surface area contributed by atoms with Crippen molar-refractivity contribution in [2.75, 3.05) is 0 Å². The van der Waals surface area contributed by atoms with Crippen LogP contribution in [0.25, 0.3) is 0 Å². The molecular weight excluding hydrogens is 204 g/mol. The predicted octanol–water partition coefficient (Wildman–Crippen LogP) is 1.57. The van der Waals surface area contributed by atoms with Crippen molar-refractivity contribution in [1.82, 2.24) is 0 Å². The van der Waals surface area contributed by atoms with Gasteiger partial charge < -0.3 is 10.2 Å². The third kappa shape index (κ3) is 1.93. The van der Waals surface area contributed by atoms with Crippen molar-refractivity contribution in [3.63, 3.8) is 0 Å². The average Bonchev–Trinajstić information content (AvgIpc) is 2.53. The lowest BCUT2D eigenvalue weighted by atomic mass is 9.81. The zero-order valence-electron chi connectivity index (χ0n) is 7.56. The fourth-order valence-electron chi connectivity index (χ4n) is 1.18. The van der Waals surface area contributed by atoms with Crippen LogP contribution in [0.2, 0.25) is 0 Å². The van der Waals surface area contributed by atoms with Gasteiger partial charge >= 0.3 is 11.9 Å². The van der Waals surface area contributed by atoms with Crippen LogP contribution in [0, 0.1) is 0 Å². The molecule has 2 N–H and O–H groups in total. The topological polar surface area (TPSA) is 74.6 Å². The summed E-state index contributed by atoms with van der Waals surface area (Å²) in [5.74, 6) is -2.22. The monoisotopic (exact) mass is 214 g/mol. The minimum absolute atomic E-state index is 0.404. The van der Waals surface area contributed by atoms with Crippen LogP contribution >= 0.6 is 11.3 Å². The van der Waals surface area contributed by atoms with Gasteiger partial charge in [0, 0.05) is 0 Å². The standard InChI is InChI=1S/C9H10O4S/c1-9(8(12)13,4-7(10)11)6-2-3-14-5-6/h2-3,5H,4H2,1H3,(H,10,11)(H,12,13). The van der Waals surface area contributed by atoms with Gasteiger partial charge in [-0.05, 0) is 29.3 Å². The summed E-state index contributed by atoms with van der Waals surface area (Å²) in [6.07, 6.45) is -0.404. The molecule has 0 amide bonds. The van der Waals surface area contributed by atoms with Gasteiger partial charge in [0.2, 0.25) is 0 Å². The lowest BCUT2D eigenvalue weighted by molar-refractivity contribution is -0.149. The minimum atomic E-state index is -1.33. The fourth-order valence-corrected chi connectivity index (χ4v) is 1.97. The zero-order valence-corrected chi connectivity index (χ0v) is 8.37. The third-order valence-electron chi connectivity index (χ3n) is 2.14. The molecule has 1 atom stereocenters. The van der Waals surface area contributed by atoms with E-state index in [-0.39, 0.29) is 0 Å². The van der Waals surface area contributed by atoms with Crippen molar-refractivity contribution in [2.45, 2.75) is 18.8 Å². The van der Waals surface area contributed by atoms with Crippen LogP contribution in [-0.2, 0) is 15.0 Å². The molecule has 1 aromatic heterocycles. The maximum absolute atomic E-state index is 11.0. The first-order chi connectivity index (χ1) is 6.47. The molecule has 1 aromatic rings. The molecule has 0 bridgehead atoms. The van der Waals surface area contributed by atoms with Gasteiger partial charge in [0.05, 0.1) is 6.42 Å². The van der Waals surface area contributed by atoms with E-state index in [0.717, 1.165) is 0 Å². The number of thiophene rings is 1. The van der Waals surface area contributed by atoms with Crippen molar-refractivity contribution in [1.29, 1.82) is 0 Å². The van der Waals surface area contributed by atoms with Gasteiger partial charge in [-0.15, -0.1) is 0 Å². The van der Waals surface area contributed by atoms with E-state index in [4.69, 9.17) is 10.2 Å². The second kappa shape index (κ2) is 3.79. The third-order valence-corrected chi connectivity index (χ3v) is 2.82. The molecule has 14 heavy (non-hydrogen) atoms. The second-order valence-corrected chi connectivity index (χ2v) is 4.00. The summed E-state index contributed by atoms with van der Waals surface area (Å²) in [7, 11) is 0. The Kier molecular flexibility index (Phi) is 2.90. The van der Waals surface area contributed by atoms with Gasteiger partial charge in [-0.25, -0.2) is 0 Å². The van der Waals surface area contributed by atoms with Crippen LogP contribution in [0.4, 0.5) is 0 Å². The summed E-state index contributed by atoms with van der Waals surface area (Å²) in [6, 6.07) is 1.64. The van der Waals surface area contributed by atoms with E-state index >= 15 is 0 Å². The average molecular weight is 214 g/mol. The Bertz CT molecular complexity index is 344. The predicted molar refractivity (Wildman–Crippen MR) is 51.6 cm³/mol. The summed E-state index contributed by atoms with van der Waals surface area (Å²) in [5, 5.41) is 21.0. The Morgan fingerprint density at radius 1 is 1.50 bits per heavy atom. The van der Waals surface area contributed by atoms with Gasteiger partial charge in [0.25, 0.3) is 0 Å². The Hall–Kier alpha value is -1.36. The molecule has 1 unspecified atom stereocenters. The van der Waals surface area contributed by atoms with Crippen LogP contribution in [-0.4, -0.2) is 22.2 Å². The molecule has 0 aliphatic rings. The van der Waals surface area contributed by atoms with Crippen LogP contribution in [0.5, 0.6) is 0 Å². The second-order valence-electron chi connectivity index (χ2n) is 3.22. The van der Waals surface area contributed by atoms with E-state index in [1.165, 1.54) is 18.3 Å². The molecule has 0 aliphatic carbocycles. The van der Waals surface area contributed by atoms with Gasteiger partial charge in [0.15, 0.2) is 0 Å². The molecule has 5 heteroatoms. The number of carboxylic acid groups (broad SMARTS) is 2. The van der Waals surface area contributed by atoms with Crippen LogP contribution in [0.3, 0.4) is 0 Å². The summed E-state index contributed by atoms with van der Waals surface area (Å²) in [4.78, 5) is 21.6. The van der Waals surface area contributed by atoms with Crippen LogP contribution in [0.1, 0.15) is 18.9 Å². The summed E-state index contributed by atoms with van der Waals surface area (Å²) in [6.45, 7) is 1.42. The molecule has 0 saturated heterocycles. The van der Waals surface area contributed by atoms with Crippen molar-refractivity contribution < 1.29 is 19.8 Å². The first-order valence-corrected chi connectivity index (χ1v) is 4.89. The summed E-state index contributed by atoms with van der Waals surface area (Å²) < 4.78 is 0. The lowest BCUT2D eigenvalue weighted by Crippen LogP contribution is -2.34. The molecule has 76 valence electrons. The Morgan fingerprint density at radius 3 is 2.50 bits per heavy atom. The maximum Gasteiger partial charge on any atom is 0.314 e. The zero-order chi connectivity index (χ0) is 10.8. The van der Waals surface area contributed by atoms with E-state index < -0.39 is 23.8 Å². The highest BCUT2D eigenvalue weighted by Crippen LogP contribution is 2.29. The van der Waals surface area contributed by atoms with E-state index in [1.54, 1.807) is 16.8 Å². The summed E-state index contributed by atoms with van der Waals surface area (Å²) >= 11 is 1.35. The molecule has 0 saturated carbocycles. The molecule has 1 rings (SSSR count). The minimum Gasteiger partial charge on any atom is -0.481 e. The number of carboxylic acids is 2. The highest BCUT2D eigenvalue weighted by molar-refractivity contribution is 7.08. The molecule has 4 nitrogen and oxygen atoms in total. The quantitative estimate of drug-likeness (QED) is 0.797. The number of aliphatic carboxylic acids is 2. The van der Waals surface area contributed by atoms with Gasteiger partial charge in [-0.2, -0.15) is 11.3 Å². The number of hydrogen-bond acceptors (Lipinski definition) is 3.